The Hall–Kier alpha value is -2.16. The molecule has 0 amide bonds. The quantitative estimate of drug-likeness (QED) is 0.602. The summed E-state index contributed by atoms with van der Waals surface area (Å²) >= 11 is 0. The van der Waals surface area contributed by atoms with E-state index in [-0.39, 0.29) is 12.2 Å². The van der Waals surface area contributed by atoms with Crippen molar-refractivity contribution in [3.8, 4) is 0 Å². The fourth-order valence-corrected chi connectivity index (χ4v) is 2.53. The second-order valence-electron chi connectivity index (χ2n) is 4.99. The molecule has 0 saturated carbocycles. The monoisotopic (exact) mass is 284 g/mol. The molecule has 0 heterocycles. The lowest BCUT2D eigenvalue weighted by atomic mass is 9.93. The minimum atomic E-state index is -0.663. The van der Waals surface area contributed by atoms with E-state index in [1.54, 1.807) is 6.92 Å². The van der Waals surface area contributed by atoms with Crippen LogP contribution in [0.25, 0.3) is 10.8 Å². The van der Waals surface area contributed by atoms with E-state index >= 15 is 0 Å². The van der Waals surface area contributed by atoms with Crippen LogP contribution in [0.2, 0.25) is 0 Å². The predicted octanol–water partition coefficient (Wildman–Crippen LogP) is 3.54. The van der Waals surface area contributed by atoms with E-state index in [0.717, 1.165) is 16.3 Å². The number of ether oxygens (including phenoxy) is 1. The third kappa shape index (κ3) is 3.48. The van der Waals surface area contributed by atoms with Crippen LogP contribution in [0.4, 0.5) is 0 Å². The zero-order chi connectivity index (χ0) is 15.2. The summed E-state index contributed by atoms with van der Waals surface area (Å²) < 4.78 is 4.98. The maximum absolute atomic E-state index is 12.4. The maximum Gasteiger partial charge on any atom is 0.316 e. The number of esters is 1. The molecule has 0 N–H and O–H groups in total. The number of hydrogen-bond acceptors (Lipinski definition) is 3. The zero-order valence-electron chi connectivity index (χ0n) is 12.5. The largest absolute Gasteiger partial charge is 0.465 e. The van der Waals surface area contributed by atoms with Crippen LogP contribution in [0.3, 0.4) is 0 Å². The van der Waals surface area contributed by atoms with Crippen LogP contribution in [-0.4, -0.2) is 18.4 Å². The molecule has 2 rings (SSSR count). The van der Waals surface area contributed by atoms with Gasteiger partial charge in [0.25, 0.3) is 0 Å². The Morgan fingerprint density at radius 3 is 2.48 bits per heavy atom. The highest BCUT2D eigenvalue weighted by molar-refractivity contribution is 6.01. The summed E-state index contributed by atoms with van der Waals surface area (Å²) in [6.45, 7) is 3.89. The average molecular weight is 284 g/mol. The van der Waals surface area contributed by atoms with E-state index < -0.39 is 11.9 Å². The normalized spacial score (nSPS) is 12.1. The second kappa shape index (κ2) is 7.02. The summed E-state index contributed by atoms with van der Waals surface area (Å²) in [7, 11) is 0. The van der Waals surface area contributed by atoms with Gasteiger partial charge in [-0.05, 0) is 29.7 Å². The van der Waals surface area contributed by atoms with Crippen molar-refractivity contribution < 1.29 is 14.3 Å². The Morgan fingerprint density at radius 1 is 1.05 bits per heavy atom. The molecule has 0 aromatic heterocycles. The molecule has 21 heavy (non-hydrogen) atoms. The highest BCUT2D eigenvalue weighted by atomic mass is 16.5. The molecule has 0 aliphatic heterocycles. The van der Waals surface area contributed by atoms with Crippen molar-refractivity contribution >= 4 is 22.5 Å². The molecule has 1 atom stereocenters. The van der Waals surface area contributed by atoms with Gasteiger partial charge in [0.15, 0.2) is 5.78 Å². The molecule has 110 valence electrons. The highest BCUT2D eigenvalue weighted by Gasteiger charge is 2.26. The first-order valence-electron chi connectivity index (χ1n) is 7.33. The van der Waals surface area contributed by atoms with Gasteiger partial charge in [-0.1, -0.05) is 49.4 Å². The van der Waals surface area contributed by atoms with Crippen LogP contribution < -0.4 is 0 Å². The minimum absolute atomic E-state index is 0.0766. The van der Waals surface area contributed by atoms with Gasteiger partial charge in [-0.15, -0.1) is 0 Å². The van der Waals surface area contributed by atoms with Gasteiger partial charge < -0.3 is 4.74 Å². The van der Waals surface area contributed by atoms with E-state index in [1.165, 1.54) is 0 Å². The van der Waals surface area contributed by atoms with E-state index in [1.807, 2.05) is 49.4 Å². The Kier molecular flexibility index (Phi) is 5.09. The summed E-state index contributed by atoms with van der Waals surface area (Å²) in [6.07, 6.45) is 0.737. The maximum atomic E-state index is 12.4. The third-order valence-corrected chi connectivity index (χ3v) is 3.61. The predicted molar refractivity (Wildman–Crippen MR) is 83.1 cm³/mol. The Labute approximate surface area is 124 Å². The van der Waals surface area contributed by atoms with E-state index in [4.69, 9.17) is 4.74 Å². The lowest BCUT2D eigenvalue weighted by molar-refractivity contribution is -0.151. The molecule has 3 nitrogen and oxygen atoms in total. The molecule has 0 radical (unpaired) electrons. The highest BCUT2D eigenvalue weighted by Crippen LogP contribution is 2.21. The Bertz CT molecular complexity index is 640. The Balaban J connectivity index is 2.23. The fourth-order valence-electron chi connectivity index (χ4n) is 2.53. The van der Waals surface area contributed by atoms with Crippen molar-refractivity contribution in [1.29, 1.82) is 0 Å². The molecule has 0 aliphatic carbocycles. The molecule has 1 unspecified atom stereocenters. The number of hydrogen-bond donors (Lipinski definition) is 0. The number of benzene rings is 2. The van der Waals surface area contributed by atoms with Crippen LogP contribution in [0.1, 0.15) is 25.8 Å². The van der Waals surface area contributed by atoms with Crippen molar-refractivity contribution in [3.05, 3.63) is 48.0 Å². The zero-order valence-corrected chi connectivity index (χ0v) is 12.5. The van der Waals surface area contributed by atoms with Gasteiger partial charge in [0.05, 0.1) is 6.61 Å². The number of rotatable bonds is 6. The van der Waals surface area contributed by atoms with Crippen LogP contribution in [0, 0.1) is 5.92 Å². The molecule has 0 spiro atoms. The number of carbonyl (C=O) groups excluding carboxylic acids is 2. The van der Waals surface area contributed by atoms with E-state index in [9.17, 15) is 9.59 Å². The summed E-state index contributed by atoms with van der Waals surface area (Å²) in [6, 6.07) is 13.9. The van der Waals surface area contributed by atoms with Crippen LogP contribution >= 0.6 is 0 Å². The molecule has 0 aliphatic rings. The van der Waals surface area contributed by atoms with Crippen molar-refractivity contribution in [3.63, 3.8) is 0 Å². The molecular formula is C18H20O3. The van der Waals surface area contributed by atoms with Crippen LogP contribution in [0.15, 0.2) is 42.5 Å². The van der Waals surface area contributed by atoms with Crippen LogP contribution in [-0.2, 0) is 20.7 Å². The van der Waals surface area contributed by atoms with Crippen molar-refractivity contribution in [1.82, 2.24) is 0 Å². The molecule has 2 aromatic carbocycles. The Morgan fingerprint density at radius 2 is 1.76 bits per heavy atom. The minimum Gasteiger partial charge on any atom is -0.465 e. The number of fused-ring (bicyclic) bond motifs is 1. The van der Waals surface area contributed by atoms with Crippen LogP contribution in [0.5, 0.6) is 0 Å². The number of ketones is 1. The van der Waals surface area contributed by atoms with Gasteiger partial charge in [0, 0.05) is 6.42 Å². The number of carbonyl (C=O) groups is 2. The molecule has 0 bridgehead atoms. The summed E-state index contributed by atoms with van der Waals surface area (Å²) in [5.41, 5.74) is 0.959. The first-order chi connectivity index (χ1) is 10.2. The lowest BCUT2D eigenvalue weighted by Crippen LogP contribution is -2.27. The molecular weight excluding hydrogens is 264 g/mol. The van der Waals surface area contributed by atoms with Gasteiger partial charge in [-0.25, -0.2) is 0 Å². The smallest absolute Gasteiger partial charge is 0.316 e. The van der Waals surface area contributed by atoms with Gasteiger partial charge in [-0.2, -0.15) is 0 Å². The summed E-state index contributed by atoms with van der Waals surface area (Å²) in [5.74, 6) is -1.15. The van der Waals surface area contributed by atoms with Crippen molar-refractivity contribution in [2.24, 2.45) is 5.92 Å². The standard InChI is InChI=1S/C18H20O3/c1-3-15(18(20)21-4-2)17(19)12-14-10-7-9-13-8-5-6-11-16(13)14/h5-11,15H,3-4,12H2,1-2H3. The first-order valence-corrected chi connectivity index (χ1v) is 7.33. The first kappa shape index (κ1) is 15.2. The third-order valence-electron chi connectivity index (χ3n) is 3.61. The van der Waals surface area contributed by atoms with Gasteiger partial charge in [0.1, 0.15) is 5.92 Å². The molecule has 3 heteroatoms. The molecule has 0 fully saturated rings. The van der Waals surface area contributed by atoms with Gasteiger partial charge >= 0.3 is 5.97 Å². The fraction of sp³-hybridized carbons (Fsp3) is 0.333. The summed E-state index contributed by atoms with van der Waals surface area (Å²) in [4.78, 5) is 24.2. The lowest BCUT2D eigenvalue weighted by Gasteiger charge is -2.13. The van der Waals surface area contributed by atoms with Gasteiger partial charge in [-0.3, -0.25) is 9.59 Å². The van der Waals surface area contributed by atoms with E-state index in [2.05, 4.69) is 0 Å². The van der Waals surface area contributed by atoms with Gasteiger partial charge in [0.2, 0.25) is 0 Å². The topological polar surface area (TPSA) is 43.4 Å². The summed E-state index contributed by atoms with van der Waals surface area (Å²) in [5, 5.41) is 2.17. The van der Waals surface area contributed by atoms with Crippen molar-refractivity contribution in [2.45, 2.75) is 26.7 Å². The second-order valence-corrected chi connectivity index (χ2v) is 4.99. The average Bonchev–Trinajstić information content (AvgIpc) is 2.48. The van der Waals surface area contributed by atoms with E-state index in [0.29, 0.717) is 13.0 Å². The SMILES string of the molecule is CCOC(=O)C(CC)C(=O)Cc1cccc2ccccc12. The molecule has 0 saturated heterocycles. The van der Waals surface area contributed by atoms with Crippen molar-refractivity contribution in [2.75, 3.05) is 6.61 Å². The number of Topliss-reactive ketones (excluding diaryl/α,β-unsaturated/α-hetero) is 1. The molecule has 2 aromatic rings.